The second-order valence-electron chi connectivity index (χ2n) is 5.73. The summed E-state index contributed by atoms with van der Waals surface area (Å²) in [5.41, 5.74) is 2.10. The summed E-state index contributed by atoms with van der Waals surface area (Å²) in [5.74, 6) is 0.913. The first kappa shape index (κ1) is 15.9. The number of hydrogen-bond acceptors (Lipinski definition) is 5. The highest BCUT2D eigenvalue weighted by atomic mass is 19.1. The summed E-state index contributed by atoms with van der Waals surface area (Å²) >= 11 is 0. The minimum Gasteiger partial charge on any atom is -0.349 e. The molecule has 0 spiro atoms. The summed E-state index contributed by atoms with van der Waals surface area (Å²) in [7, 11) is 0. The summed E-state index contributed by atoms with van der Waals surface area (Å²) < 4.78 is 17.8. The topological polar surface area (TPSA) is 73.5 Å². The van der Waals surface area contributed by atoms with Crippen LogP contribution in [0, 0.1) is 12.7 Å². The molecule has 7 nitrogen and oxygen atoms in total. The van der Waals surface area contributed by atoms with E-state index in [0.29, 0.717) is 18.2 Å². The average Bonchev–Trinajstić information content (AvgIpc) is 3.30. The van der Waals surface area contributed by atoms with Gasteiger partial charge in [-0.25, -0.2) is 9.37 Å². The number of nitrogens with one attached hydrogen (secondary N) is 1. The van der Waals surface area contributed by atoms with Gasteiger partial charge in [-0.3, -0.25) is 0 Å². The van der Waals surface area contributed by atoms with Crippen molar-refractivity contribution in [3.05, 3.63) is 78.1 Å². The van der Waals surface area contributed by atoms with Gasteiger partial charge >= 0.3 is 0 Å². The van der Waals surface area contributed by atoms with Crippen LogP contribution in [0.15, 0.2) is 60.9 Å². The molecule has 8 heteroatoms. The van der Waals surface area contributed by atoms with Crippen molar-refractivity contribution in [1.82, 2.24) is 29.8 Å². The lowest BCUT2D eigenvalue weighted by atomic mass is 10.2. The van der Waals surface area contributed by atoms with Gasteiger partial charge in [-0.15, -0.1) is 0 Å². The van der Waals surface area contributed by atoms with Gasteiger partial charge in [0.15, 0.2) is 0 Å². The van der Waals surface area contributed by atoms with Crippen LogP contribution in [0.5, 0.6) is 0 Å². The lowest BCUT2D eigenvalue weighted by Gasteiger charge is -2.10. The molecule has 4 rings (SSSR count). The van der Waals surface area contributed by atoms with Gasteiger partial charge in [0.1, 0.15) is 11.6 Å². The highest BCUT2D eigenvalue weighted by Crippen LogP contribution is 2.18. The van der Waals surface area contributed by atoms with Crippen LogP contribution in [0.25, 0.3) is 11.4 Å². The largest absolute Gasteiger partial charge is 0.349 e. The fourth-order valence-electron chi connectivity index (χ4n) is 2.71. The van der Waals surface area contributed by atoms with Crippen LogP contribution in [-0.4, -0.2) is 29.8 Å². The van der Waals surface area contributed by atoms with E-state index >= 15 is 0 Å². The number of aromatic nitrogens is 6. The van der Waals surface area contributed by atoms with Crippen LogP contribution in [0.3, 0.4) is 0 Å². The zero-order valence-electron chi connectivity index (χ0n) is 14.0. The molecule has 0 saturated heterocycles. The van der Waals surface area contributed by atoms with E-state index in [0.717, 1.165) is 17.1 Å². The third kappa shape index (κ3) is 3.04. The van der Waals surface area contributed by atoms with Gasteiger partial charge in [-0.2, -0.15) is 4.68 Å². The maximum absolute atomic E-state index is 14.5. The van der Waals surface area contributed by atoms with Crippen molar-refractivity contribution in [2.75, 3.05) is 5.32 Å². The Morgan fingerprint density at radius 1 is 1.12 bits per heavy atom. The van der Waals surface area contributed by atoms with Crippen LogP contribution in [0.4, 0.5) is 10.3 Å². The number of hydrogen-bond donors (Lipinski definition) is 1. The first-order valence-electron chi connectivity index (χ1n) is 8.09. The minimum absolute atomic E-state index is 0.312. The van der Waals surface area contributed by atoms with Gasteiger partial charge in [0.05, 0.1) is 11.4 Å². The third-order valence-corrected chi connectivity index (χ3v) is 4.02. The number of halogens is 1. The molecule has 0 atom stereocenters. The van der Waals surface area contributed by atoms with Gasteiger partial charge in [0.25, 0.3) is 0 Å². The Morgan fingerprint density at radius 2 is 1.96 bits per heavy atom. The summed E-state index contributed by atoms with van der Waals surface area (Å²) in [5, 5.41) is 14.8. The van der Waals surface area contributed by atoms with E-state index in [1.165, 1.54) is 6.07 Å². The summed E-state index contributed by atoms with van der Waals surface area (Å²) in [4.78, 5) is 4.12. The first-order valence-corrected chi connectivity index (χ1v) is 8.09. The Balaban J connectivity index is 1.52. The van der Waals surface area contributed by atoms with E-state index in [1.807, 2.05) is 43.3 Å². The maximum Gasteiger partial charge on any atom is 0.248 e. The fraction of sp³-hybridized carbons (Fsp3) is 0.111. The number of rotatable bonds is 5. The van der Waals surface area contributed by atoms with Crippen LogP contribution in [0.1, 0.15) is 11.4 Å². The van der Waals surface area contributed by atoms with E-state index in [9.17, 15) is 4.39 Å². The molecule has 2 aromatic carbocycles. The number of para-hydroxylation sites is 1. The van der Waals surface area contributed by atoms with Crippen LogP contribution in [0.2, 0.25) is 0 Å². The summed E-state index contributed by atoms with van der Waals surface area (Å²) in [6, 6.07) is 14.7. The van der Waals surface area contributed by atoms with Crippen molar-refractivity contribution in [2.45, 2.75) is 13.5 Å². The second-order valence-corrected chi connectivity index (χ2v) is 5.73. The molecule has 2 heterocycles. The molecule has 26 heavy (non-hydrogen) atoms. The standard InChI is InChI=1S/C18H16FN7/c1-13-20-9-10-25(13)17-8-7-14(11-16(17)19)12-21-18-22-23-24-26(18)15-5-3-2-4-6-15/h2-11H,12H2,1H3,(H,21,22,24). The van der Waals surface area contributed by atoms with Crippen molar-refractivity contribution < 1.29 is 4.39 Å². The van der Waals surface area contributed by atoms with Crippen molar-refractivity contribution in [1.29, 1.82) is 0 Å². The molecule has 0 unspecified atom stereocenters. The Bertz CT molecular complexity index is 1020. The maximum atomic E-state index is 14.5. The first-order chi connectivity index (χ1) is 12.7. The summed E-state index contributed by atoms with van der Waals surface area (Å²) in [6.07, 6.45) is 3.38. The molecule has 0 saturated carbocycles. The monoisotopic (exact) mass is 349 g/mol. The van der Waals surface area contributed by atoms with Gasteiger partial charge in [-0.1, -0.05) is 29.4 Å². The van der Waals surface area contributed by atoms with Crippen LogP contribution >= 0.6 is 0 Å². The zero-order valence-corrected chi connectivity index (χ0v) is 14.0. The quantitative estimate of drug-likeness (QED) is 0.600. The van der Waals surface area contributed by atoms with Crippen molar-refractivity contribution in [3.8, 4) is 11.4 Å². The van der Waals surface area contributed by atoms with E-state index < -0.39 is 0 Å². The molecule has 0 amide bonds. The van der Waals surface area contributed by atoms with Crippen LogP contribution < -0.4 is 5.32 Å². The van der Waals surface area contributed by atoms with Gasteiger partial charge in [0, 0.05) is 18.9 Å². The number of anilines is 1. The molecule has 4 aromatic rings. The van der Waals surface area contributed by atoms with Gasteiger partial charge in [0.2, 0.25) is 5.95 Å². The van der Waals surface area contributed by atoms with E-state index in [4.69, 9.17) is 0 Å². The normalized spacial score (nSPS) is 10.8. The Hall–Kier alpha value is -3.55. The molecule has 2 aromatic heterocycles. The predicted molar refractivity (Wildman–Crippen MR) is 94.7 cm³/mol. The molecule has 0 aliphatic carbocycles. The summed E-state index contributed by atoms with van der Waals surface area (Å²) in [6.45, 7) is 2.23. The fourth-order valence-corrected chi connectivity index (χ4v) is 2.71. The van der Waals surface area contributed by atoms with E-state index in [-0.39, 0.29) is 5.82 Å². The number of aryl methyl sites for hydroxylation is 1. The highest BCUT2D eigenvalue weighted by molar-refractivity contribution is 5.41. The SMILES string of the molecule is Cc1nccn1-c1ccc(CNc2nnnn2-c2ccccc2)cc1F. The third-order valence-electron chi connectivity index (χ3n) is 4.02. The molecule has 130 valence electrons. The number of tetrazole rings is 1. The molecule has 0 radical (unpaired) electrons. The lowest BCUT2D eigenvalue weighted by Crippen LogP contribution is -2.08. The molecule has 0 fully saturated rings. The smallest absolute Gasteiger partial charge is 0.248 e. The van der Waals surface area contributed by atoms with Gasteiger partial charge < -0.3 is 9.88 Å². The molecule has 0 aliphatic rings. The van der Waals surface area contributed by atoms with Crippen molar-refractivity contribution in [3.63, 3.8) is 0 Å². The second kappa shape index (κ2) is 6.75. The van der Waals surface area contributed by atoms with Crippen molar-refractivity contribution in [2.24, 2.45) is 0 Å². The number of imidazole rings is 1. The Kier molecular flexibility index (Phi) is 4.14. The van der Waals surface area contributed by atoms with E-state index in [2.05, 4.69) is 25.8 Å². The zero-order chi connectivity index (χ0) is 17.9. The van der Waals surface area contributed by atoms with Crippen LogP contribution in [-0.2, 0) is 6.54 Å². The van der Waals surface area contributed by atoms with E-state index in [1.54, 1.807) is 27.7 Å². The molecular formula is C18H16FN7. The van der Waals surface area contributed by atoms with Crippen molar-refractivity contribution >= 4 is 5.95 Å². The molecule has 0 bridgehead atoms. The number of nitrogens with zero attached hydrogens (tertiary/aromatic N) is 6. The minimum atomic E-state index is -0.312. The molecular weight excluding hydrogens is 333 g/mol. The lowest BCUT2D eigenvalue weighted by molar-refractivity contribution is 0.614. The Labute approximate surface area is 149 Å². The predicted octanol–water partition coefficient (Wildman–Crippen LogP) is 2.91. The Morgan fingerprint density at radius 3 is 2.69 bits per heavy atom. The average molecular weight is 349 g/mol. The number of benzene rings is 2. The highest BCUT2D eigenvalue weighted by Gasteiger charge is 2.10. The van der Waals surface area contributed by atoms with Gasteiger partial charge in [-0.05, 0) is 47.2 Å². The molecule has 1 N–H and O–H groups in total. The molecule has 0 aliphatic heterocycles.